The molecule has 0 aliphatic carbocycles. The Hall–Kier alpha value is -0.700. The standard InChI is InChI=1S/C13H10Cl3O3P/c1-18-20(17,9-5-3-2-4-6-9)19-13-11(15)8-7-10(14)12(13)16/h2-8H,1H3. The Balaban J connectivity index is 2.47. The third-order valence-corrected chi connectivity index (χ3v) is 5.45. The van der Waals surface area contributed by atoms with Gasteiger partial charge in [-0.1, -0.05) is 53.0 Å². The quantitative estimate of drug-likeness (QED) is 0.561. The maximum absolute atomic E-state index is 12.8. The highest BCUT2D eigenvalue weighted by Gasteiger charge is 2.30. The second kappa shape index (κ2) is 6.38. The van der Waals surface area contributed by atoms with Crippen molar-refractivity contribution in [1.29, 1.82) is 0 Å². The van der Waals surface area contributed by atoms with Gasteiger partial charge >= 0.3 is 7.60 Å². The van der Waals surface area contributed by atoms with Gasteiger partial charge in [-0.25, -0.2) is 4.57 Å². The molecule has 2 rings (SSSR count). The lowest BCUT2D eigenvalue weighted by atomic mass is 10.3. The Kier molecular flexibility index (Phi) is 5.00. The van der Waals surface area contributed by atoms with Gasteiger partial charge in [-0.05, 0) is 24.3 Å². The fourth-order valence-corrected chi connectivity index (χ4v) is 3.58. The zero-order chi connectivity index (χ0) is 14.8. The van der Waals surface area contributed by atoms with Gasteiger partial charge in [0.25, 0.3) is 0 Å². The largest absolute Gasteiger partial charge is 0.418 e. The molecule has 20 heavy (non-hydrogen) atoms. The molecule has 2 aromatic carbocycles. The van der Waals surface area contributed by atoms with E-state index in [1.165, 1.54) is 19.2 Å². The molecule has 0 aromatic heterocycles. The molecule has 1 unspecified atom stereocenters. The Labute approximate surface area is 131 Å². The molecule has 0 bridgehead atoms. The summed E-state index contributed by atoms with van der Waals surface area (Å²) in [5, 5.41) is 0.941. The highest BCUT2D eigenvalue weighted by molar-refractivity contribution is 7.62. The Morgan fingerprint density at radius 3 is 2.15 bits per heavy atom. The normalized spacial score (nSPS) is 13.8. The second-order valence-corrected chi connectivity index (χ2v) is 7.03. The molecule has 0 saturated carbocycles. The summed E-state index contributed by atoms with van der Waals surface area (Å²) in [6.07, 6.45) is 0. The van der Waals surface area contributed by atoms with Crippen LogP contribution in [0, 0.1) is 0 Å². The van der Waals surface area contributed by atoms with Crippen LogP contribution >= 0.6 is 42.4 Å². The molecular weight excluding hydrogens is 341 g/mol. The van der Waals surface area contributed by atoms with Crippen LogP contribution in [0.2, 0.25) is 15.1 Å². The van der Waals surface area contributed by atoms with Crippen molar-refractivity contribution in [2.75, 3.05) is 7.11 Å². The molecule has 3 nitrogen and oxygen atoms in total. The molecule has 0 aliphatic rings. The van der Waals surface area contributed by atoms with Crippen LogP contribution in [0.5, 0.6) is 5.75 Å². The van der Waals surface area contributed by atoms with Gasteiger partial charge < -0.3 is 4.52 Å². The number of hydrogen-bond acceptors (Lipinski definition) is 3. The average Bonchev–Trinajstić information content (AvgIpc) is 2.48. The van der Waals surface area contributed by atoms with Gasteiger partial charge in [0.15, 0.2) is 5.75 Å². The minimum absolute atomic E-state index is 0.0369. The Bertz CT molecular complexity index is 661. The van der Waals surface area contributed by atoms with Crippen molar-refractivity contribution in [2.24, 2.45) is 0 Å². The summed E-state index contributed by atoms with van der Waals surface area (Å²) < 4.78 is 23.3. The molecule has 0 N–H and O–H groups in total. The van der Waals surface area contributed by atoms with Crippen LogP contribution in [0.1, 0.15) is 0 Å². The smallest absolute Gasteiger partial charge is 0.410 e. The molecular formula is C13H10Cl3O3P. The fourth-order valence-electron chi connectivity index (χ4n) is 1.52. The maximum atomic E-state index is 12.8. The third kappa shape index (κ3) is 3.13. The molecule has 2 aromatic rings. The zero-order valence-corrected chi connectivity index (χ0v) is 13.5. The highest BCUT2D eigenvalue weighted by Crippen LogP contribution is 2.51. The first-order chi connectivity index (χ1) is 9.48. The maximum Gasteiger partial charge on any atom is 0.410 e. The SMILES string of the molecule is COP(=O)(Oc1c(Cl)ccc(Cl)c1Cl)c1ccccc1. The van der Waals surface area contributed by atoms with E-state index in [2.05, 4.69) is 0 Å². The van der Waals surface area contributed by atoms with Gasteiger partial charge in [0.2, 0.25) is 0 Å². The van der Waals surface area contributed by atoms with Gasteiger partial charge in [-0.15, -0.1) is 0 Å². The van der Waals surface area contributed by atoms with E-state index in [9.17, 15) is 4.57 Å². The van der Waals surface area contributed by atoms with E-state index in [1.54, 1.807) is 30.3 Å². The van der Waals surface area contributed by atoms with Crippen molar-refractivity contribution < 1.29 is 13.6 Å². The third-order valence-electron chi connectivity index (χ3n) is 2.53. The van der Waals surface area contributed by atoms with Crippen LogP contribution in [0.15, 0.2) is 42.5 Å². The highest BCUT2D eigenvalue weighted by atomic mass is 35.5. The predicted molar refractivity (Wildman–Crippen MR) is 82.8 cm³/mol. The summed E-state index contributed by atoms with van der Waals surface area (Å²) in [6.45, 7) is 0. The van der Waals surface area contributed by atoms with Crippen molar-refractivity contribution in [3.63, 3.8) is 0 Å². The van der Waals surface area contributed by atoms with Gasteiger partial charge in [-0.3, -0.25) is 4.52 Å². The Morgan fingerprint density at radius 1 is 0.950 bits per heavy atom. The molecule has 1 atom stereocenters. The van der Waals surface area contributed by atoms with Crippen LogP contribution in [-0.2, 0) is 9.09 Å². The van der Waals surface area contributed by atoms with Crippen molar-refractivity contribution in [1.82, 2.24) is 0 Å². The number of benzene rings is 2. The van der Waals surface area contributed by atoms with Crippen molar-refractivity contribution in [3.8, 4) is 5.75 Å². The lowest BCUT2D eigenvalue weighted by molar-refractivity contribution is 0.334. The lowest BCUT2D eigenvalue weighted by Crippen LogP contribution is -2.11. The molecule has 0 amide bonds. The van der Waals surface area contributed by atoms with Gasteiger partial charge in [0.1, 0.15) is 5.02 Å². The summed E-state index contributed by atoms with van der Waals surface area (Å²) in [7, 11) is -2.28. The van der Waals surface area contributed by atoms with Gasteiger partial charge in [0, 0.05) is 7.11 Å². The molecule has 0 aliphatic heterocycles. The predicted octanol–water partition coefficient (Wildman–Crippen LogP) is 5.19. The topological polar surface area (TPSA) is 35.5 Å². The van der Waals surface area contributed by atoms with E-state index >= 15 is 0 Å². The van der Waals surface area contributed by atoms with Crippen molar-refractivity contribution in [3.05, 3.63) is 57.5 Å². The van der Waals surface area contributed by atoms with E-state index < -0.39 is 7.60 Å². The minimum Gasteiger partial charge on any atom is -0.418 e. The Morgan fingerprint density at radius 2 is 1.55 bits per heavy atom. The first kappa shape index (κ1) is 15.7. The summed E-state index contributed by atoms with van der Waals surface area (Å²) in [5.41, 5.74) is 0. The van der Waals surface area contributed by atoms with Crippen LogP contribution in [0.25, 0.3) is 0 Å². The second-order valence-electron chi connectivity index (χ2n) is 3.78. The molecule has 0 fully saturated rings. The summed E-state index contributed by atoms with van der Waals surface area (Å²) in [5.74, 6) is 0.0369. The fraction of sp³-hybridized carbons (Fsp3) is 0.0769. The van der Waals surface area contributed by atoms with E-state index in [4.69, 9.17) is 43.9 Å². The first-order valence-electron chi connectivity index (χ1n) is 5.52. The summed E-state index contributed by atoms with van der Waals surface area (Å²) in [6, 6.07) is 11.6. The van der Waals surface area contributed by atoms with E-state index in [0.717, 1.165) is 0 Å². The van der Waals surface area contributed by atoms with E-state index in [0.29, 0.717) is 5.30 Å². The molecule has 7 heteroatoms. The van der Waals surface area contributed by atoms with Crippen LogP contribution in [0.3, 0.4) is 0 Å². The average molecular weight is 352 g/mol. The zero-order valence-electron chi connectivity index (χ0n) is 10.3. The van der Waals surface area contributed by atoms with E-state index in [1.807, 2.05) is 0 Å². The monoisotopic (exact) mass is 350 g/mol. The van der Waals surface area contributed by atoms with Crippen molar-refractivity contribution >= 4 is 47.7 Å². The summed E-state index contributed by atoms with van der Waals surface area (Å²) >= 11 is 17.9. The van der Waals surface area contributed by atoms with E-state index in [-0.39, 0.29) is 20.8 Å². The molecule has 0 radical (unpaired) electrons. The van der Waals surface area contributed by atoms with Gasteiger partial charge in [0.05, 0.1) is 15.3 Å². The number of halogens is 3. The first-order valence-corrected chi connectivity index (χ1v) is 8.20. The molecule has 0 spiro atoms. The van der Waals surface area contributed by atoms with Gasteiger partial charge in [-0.2, -0.15) is 0 Å². The number of hydrogen-bond donors (Lipinski definition) is 0. The van der Waals surface area contributed by atoms with Crippen LogP contribution in [0.4, 0.5) is 0 Å². The molecule has 106 valence electrons. The number of rotatable bonds is 4. The van der Waals surface area contributed by atoms with Crippen LogP contribution < -0.4 is 9.83 Å². The molecule has 0 heterocycles. The molecule has 0 saturated heterocycles. The van der Waals surface area contributed by atoms with Crippen LogP contribution in [-0.4, -0.2) is 7.11 Å². The minimum atomic E-state index is -3.58. The lowest BCUT2D eigenvalue weighted by Gasteiger charge is -2.19. The van der Waals surface area contributed by atoms with Crippen molar-refractivity contribution in [2.45, 2.75) is 0 Å². The summed E-state index contributed by atoms with van der Waals surface area (Å²) in [4.78, 5) is 0.